The molecule has 0 saturated carbocycles. The number of benzene rings is 1. The molecule has 7 nitrogen and oxygen atoms in total. The van der Waals surface area contributed by atoms with Crippen LogP contribution in [0.4, 0.5) is 10.7 Å². The van der Waals surface area contributed by atoms with Gasteiger partial charge in [-0.3, -0.25) is 9.10 Å². The molecule has 1 aromatic heterocycles. The minimum atomic E-state index is -3.20. The van der Waals surface area contributed by atoms with Crippen molar-refractivity contribution in [2.24, 2.45) is 0 Å². The quantitative estimate of drug-likeness (QED) is 0.609. The van der Waals surface area contributed by atoms with Crippen molar-refractivity contribution in [3.05, 3.63) is 52.9 Å². The summed E-state index contributed by atoms with van der Waals surface area (Å²) in [7, 11) is -1.90. The predicted octanol–water partition coefficient (Wildman–Crippen LogP) is 2.73. The van der Waals surface area contributed by atoms with Crippen LogP contribution in [-0.4, -0.2) is 39.7 Å². The maximum Gasteiger partial charge on any atom is 0.348 e. The lowest BCUT2D eigenvalue weighted by atomic mass is 10.2. The molecule has 0 bridgehead atoms. The molecule has 1 aliphatic heterocycles. The first-order chi connectivity index (χ1) is 12.9. The fraction of sp³-hybridized carbons (Fsp3) is 0.222. The summed E-state index contributed by atoms with van der Waals surface area (Å²) in [6.07, 6.45) is 3.64. The fourth-order valence-electron chi connectivity index (χ4n) is 2.63. The van der Waals surface area contributed by atoms with E-state index in [4.69, 9.17) is 0 Å². The van der Waals surface area contributed by atoms with E-state index in [1.165, 1.54) is 17.5 Å². The Balaban J connectivity index is 1.61. The summed E-state index contributed by atoms with van der Waals surface area (Å²) < 4.78 is 29.9. The van der Waals surface area contributed by atoms with Crippen molar-refractivity contribution in [3.63, 3.8) is 0 Å². The van der Waals surface area contributed by atoms with E-state index in [1.807, 2.05) is 0 Å². The van der Waals surface area contributed by atoms with Crippen molar-refractivity contribution < 1.29 is 22.7 Å². The molecule has 0 aliphatic carbocycles. The Morgan fingerprint density at radius 3 is 2.56 bits per heavy atom. The lowest BCUT2D eigenvalue weighted by molar-refractivity contribution is -0.111. The number of amides is 1. The topological polar surface area (TPSA) is 92.8 Å². The number of hydrogen-bond acceptors (Lipinski definition) is 6. The molecule has 3 rings (SSSR count). The van der Waals surface area contributed by atoms with Crippen LogP contribution < -0.4 is 9.62 Å². The zero-order chi connectivity index (χ0) is 19.4. The maximum atomic E-state index is 12.0. The maximum absolute atomic E-state index is 12.0. The molecular weight excluding hydrogens is 388 g/mol. The summed E-state index contributed by atoms with van der Waals surface area (Å²) in [6, 6.07) is 10.2. The van der Waals surface area contributed by atoms with E-state index in [9.17, 15) is 18.0 Å². The molecule has 9 heteroatoms. The fourth-order valence-corrected chi connectivity index (χ4v) is 5.02. The Hall–Kier alpha value is -2.65. The van der Waals surface area contributed by atoms with E-state index in [0.717, 1.165) is 16.9 Å². The van der Waals surface area contributed by atoms with Gasteiger partial charge in [0.05, 0.1) is 23.6 Å². The molecule has 1 saturated heterocycles. The number of ether oxygens (including phenoxy) is 1. The monoisotopic (exact) mass is 406 g/mol. The molecule has 0 radical (unpaired) electrons. The Labute approximate surface area is 161 Å². The average Bonchev–Trinajstić information content (AvgIpc) is 3.25. The normalized spacial score (nSPS) is 15.8. The Morgan fingerprint density at radius 2 is 1.93 bits per heavy atom. The lowest BCUT2D eigenvalue weighted by Crippen LogP contribution is -2.24. The first kappa shape index (κ1) is 19.1. The van der Waals surface area contributed by atoms with Crippen LogP contribution in [-0.2, 0) is 19.6 Å². The lowest BCUT2D eigenvalue weighted by Gasteiger charge is -2.16. The number of nitrogens with one attached hydrogen (secondary N) is 1. The second-order valence-electron chi connectivity index (χ2n) is 5.81. The predicted molar refractivity (Wildman–Crippen MR) is 106 cm³/mol. The van der Waals surface area contributed by atoms with Gasteiger partial charge in [-0.1, -0.05) is 12.1 Å². The molecule has 0 spiro atoms. The van der Waals surface area contributed by atoms with Crippen molar-refractivity contribution >= 4 is 50.0 Å². The Morgan fingerprint density at radius 1 is 1.19 bits per heavy atom. The van der Waals surface area contributed by atoms with Gasteiger partial charge < -0.3 is 10.1 Å². The van der Waals surface area contributed by atoms with Crippen LogP contribution in [0.1, 0.15) is 21.7 Å². The Kier molecular flexibility index (Phi) is 5.62. The summed E-state index contributed by atoms with van der Waals surface area (Å²) in [4.78, 5) is 23.8. The zero-order valence-electron chi connectivity index (χ0n) is 14.5. The third-order valence-corrected chi connectivity index (χ3v) is 6.80. The number of carbonyl (C=O) groups excluding carboxylic acids is 2. The van der Waals surface area contributed by atoms with Crippen molar-refractivity contribution in [3.8, 4) is 0 Å². The van der Waals surface area contributed by atoms with Gasteiger partial charge in [0.2, 0.25) is 15.9 Å². The number of carbonyl (C=O) groups is 2. The highest BCUT2D eigenvalue weighted by molar-refractivity contribution is 7.93. The van der Waals surface area contributed by atoms with Crippen molar-refractivity contribution in [1.29, 1.82) is 0 Å². The first-order valence-electron chi connectivity index (χ1n) is 8.17. The van der Waals surface area contributed by atoms with E-state index in [0.29, 0.717) is 28.5 Å². The van der Waals surface area contributed by atoms with E-state index in [1.54, 1.807) is 42.5 Å². The van der Waals surface area contributed by atoms with Crippen LogP contribution in [0.15, 0.2) is 42.5 Å². The third-order valence-electron chi connectivity index (χ3n) is 3.95. The summed E-state index contributed by atoms with van der Waals surface area (Å²) in [5.74, 6) is -0.606. The number of sulfonamides is 1. The number of rotatable bonds is 5. The van der Waals surface area contributed by atoms with Crippen molar-refractivity contribution in [2.45, 2.75) is 6.42 Å². The summed E-state index contributed by atoms with van der Waals surface area (Å²) >= 11 is 1.13. The van der Waals surface area contributed by atoms with Gasteiger partial charge in [-0.2, -0.15) is 0 Å². The molecule has 2 heterocycles. The summed E-state index contributed by atoms with van der Waals surface area (Å²) in [5.41, 5.74) is 1.40. The van der Waals surface area contributed by atoms with E-state index < -0.39 is 16.0 Å². The van der Waals surface area contributed by atoms with E-state index in [-0.39, 0.29) is 11.7 Å². The molecule has 1 fully saturated rings. The van der Waals surface area contributed by atoms with Gasteiger partial charge >= 0.3 is 5.97 Å². The van der Waals surface area contributed by atoms with E-state index >= 15 is 0 Å². The van der Waals surface area contributed by atoms with Gasteiger partial charge in [0.25, 0.3) is 0 Å². The molecule has 0 unspecified atom stereocenters. The molecule has 1 N–H and O–H groups in total. The van der Waals surface area contributed by atoms with Gasteiger partial charge in [-0.25, -0.2) is 13.2 Å². The highest BCUT2D eigenvalue weighted by Gasteiger charge is 2.28. The second kappa shape index (κ2) is 7.93. The van der Waals surface area contributed by atoms with Crippen LogP contribution in [0.5, 0.6) is 0 Å². The van der Waals surface area contributed by atoms with Gasteiger partial charge in [0.1, 0.15) is 4.88 Å². The summed E-state index contributed by atoms with van der Waals surface area (Å²) in [6.45, 7) is 0.494. The zero-order valence-corrected chi connectivity index (χ0v) is 16.2. The highest BCUT2D eigenvalue weighted by Crippen LogP contribution is 2.25. The first-order valence-corrected chi connectivity index (χ1v) is 10.6. The number of esters is 1. The van der Waals surface area contributed by atoms with Gasteiger partial charge in [0, 0.05) is 12.6 Å². The molecule has 0 atom stereocenters. The number of nitrogens with zero attached hydrogens (tertiary/aromatic N) is 1. The van der Waals surface area contributed by atoms with Crippen LogP contribution in [0.3, 0.4) is 0 Å². The Bertz CT molecular complexity index is 977. The molecule has 27 heavy (non-hydrogen) atoms. The molecular formula is C18H18N2O5S2. The van der Waals surface area contributed by atoms with Crippen LogP contribution in [0.2, 0.25) is 0 Å². The van der Waals surface area contributed by atoms with E-state index in [2.05, 4.69) is 10.1 Å². The van der Waals surface area contributed by atoms with Crippen LogP contribution in [0.25, 0.3) is 6.08 Å². The summed E-state index contributed by atoms with van der Waals surface area (Å²) in [5, 5.41) is 3.22. The smallest absolute Gasteiger partial charge is 0.348 e. The van der Waals surface area contributed by atoms with Crippen LogP contribution in [0, 0.1) is 0 Å². The number of methoxy groups -OCH3 is 1. The molecule has 142 valence electrons. The van der Waals surface area contributed by atoms with Gasteiger partial charge in [-0.05, 0) is 42.3 Å². The number of anilines is 2. The highest BCUT2D eigenvalue weighted by atomic mass is 32.2. The largest absolute Gasteiger partial charge is 0.465 e. The molecule has 1 aromatic carbocycles. The minimum Gasteiger partial charge on any atom is -0.465 e. The number of hydrogen-bond donors (Lipinski definition) is 1. The van der Waals surface area contributed by atoms with Gasteiger partial charge in [-0.15, -0.1) is 11.3 Å². The van der Waals surface area contributed by atoms with Crippen molar-refractivity contribution in [2.75, 3.05) is 29.0 Å². The molecule has 1 amide bonds. The standard InChI is InChI=1S/C18H18N2O5S2/c1-25-18(22)15-8-10-17(26-15)19-16(21)9-5-13-3-6-14(7-4-13)20-11-2-12-27(20,23)24/h3-10H,2,11-12H2,1H3,(H,19,21)/b9-5+. The average molecular weight is 406 g/mol. The second-order valence-corrected chi connectivity index (χ2v) is 8.91. The van der Waals surface area contributed by atoms with Crippen LogP contribution >= 0.6 is 11.3 Å². The number of thiophene rings is 1. The SMILES string of the molecule is COC(=O)c1ccc(NC(=O)/C=C/c2ccc(N3CCCS3(=O)=O)cc2)s1. The minimum absolute atomic E-state index is 0.176. The van der Waals surface area contributed by atoms with Crippen molar-refractivity contribution in [1.82, 2.24) is 0 Å². The van der Waals surface area contributed by atoms with Gasteiger partial charge in [0.15, 0.2) is 0 Å². The molecule has 2 aromatic rings. The molecule has 1 aliphatic rings. The third kappa shape index (κ3) is 4.55.